The van der Waals surface area contributed by atoms with Gasteiger partial charge in [-0.05, 0) is 48.5 Å². The predicted octanol–water partition coefficient (Wildman–Crippen LogP) is 3.02. The normalized spacial score (nSPS) is 10.4. The van der Waals surface area contributed by atoms with Gasteiger partial charge < -0.3 is 20.2 Å². The van der Waals surface area contributed by atoms with Crippen molar-refractivity contribution in [3.8, 4) is 17.1 Å². The van der Waals surface area contributed by atoms with Crippen molar-refractivity contribution in [1.82, 2.24) is 4.98 Å². The van der Waals surface area contributed by atoms with E-state index in [9.17, 15) is 9.59 Å². The molecule has 0 aliphatic carbocycles. The topological polar surface area (TPSA) is 107 Å². The third-order valence-corrected chi connectivity index (χ3v) is 3.95. The number of methoxy groups -OCH3 is 1. The van der Waals surface area contributed by atoms with Gasteiger partial charge in [-0.1, -0.05) is 0 Å². The molecule has 1 aromatic heterocycles. The van der Waals surface area contributed by atoms with E-state index in [0.717, 1.165) is 11.3 Å². The molecule has 0 bridgehead atoms. The van der Waals surface area contributed by atoms with Crippen molar-refractivity contribution in [1.29, 1.82) is 0 Å². The molecule has 0 fully saturated rings. The van der Waals surface area contributed by atoms with Gasteiger partial charge in [-0.3, -0.25) is 9.59 Å². The van der Waals surface area contributed by atoms with Gasteiger partial charge in [-0.25, -0.2) is 4.98 Å². The average Bonchev–Trinajstić information content (AvgIpc) is 3.16. The monoisotopic (exact) mass is 365 g/mol. The lowest BCUT2D eigenvalue weighted by Crippen LogP contribution is -2.13. The first-order valence-electron chi connectivity index (χ1n) is 8.34. The van der Waals surface area contributed by atoms with Crippen LogP contribution in [0.1, 0.15) is 22.7 Å². The molecule has 3 rings (SSSR count). The highest BCUT2D eigenvalue weighted by molar-refractivity contribution is 5.94. The molecule has 0 atom stereocenters. The third-order valence-electron chi connectivity index (χ3n) is 3.95. The number of ether oxygens (including phenoxy) is 1. The quantitative estimate of drug-likeness (QED) is 0.669. The van der Waals surface area contributed by atoms with Gasteiger partial charge in [0.25, 0.3) is 0 Å². The molecule has 2 amide bonds. The van der Waals surface area contributed by atoms with Crippen molar-refractivity contribution < 1.29 is 18.7 Å². The number of hydrogen-bond donors (Lipinski definition) is 2. The SMILES string of the molecule is COc1ccc(-c2cnc(CCC(=O)Nc3ccc(C(N)=O)cc3)o2)cc1. The number of carbonyl (C=O) groups excluding carboxylic acids is 2. The van der Waals surface area contributed by atoms with Gasteiger partial charge in [0.1, 0.15) is 5.75 Å². The van der Waals surface area contributed by atoms with Gasteiger partial charge >= 0.3 is 0 Å². The molecule has 1 heterocycles. The molecule has 0 spiro atoms. The standard InChI is InChI=1S/C20H19N3O4/c1-26-16-8-4-13(5-9-16)17-12-22-19(27-17)11-10-18(24)23-15-6-2-14(3-7-15)20(21)25/h2-9,12H,10-11H2,1H3,(H2,21,25)(H,23,24). The summed E-state index contributed by atoms with van der Waals surface area (Å²) in [5.74, 6) is 1.20. The minimum atomic E-state index is -0.510. The Kier molecular flexibility index (Phi) is 5.51. The zero-order valence-corrected chi connectivity index (χ0v) is 14.8. The second-order valence-corrected chi connectivity index (χ2v) is 5.84. The van der Waals surface area contributed by atoms with Crippen LogP contribution in [0.2, 0.25) is 0 Å². The van der Waals surface area contributed by atoms with Crippen LogP contribution in [-0.4, -0.2) is 23.9 Å². The highest BCUT2D eigenvalue weighted by atomic mass is 16.5. The van der Waals surface area contributed by atoms with Crippen molar-refractivity contribution in [2.24, 2.45) is 5.73 Å². The van der Waals surface area contributed by atoms with Gasteiger partial charge in [-0.2, -0.15) is 0 Å². The average molecular weight is 365 g/mol. The van der Waals surface area contributed by atoms with E-state index in [1.165, 1.54) is 0 Å². The fourth-order valence-electron chi connectivity index (χ4n) is 2.48. The van der Waals surface area contributed by atoms with Crippen molar-refractivity contribution in [3.05, 3.63) is 66.2 Å². The van der Waals surface area contributed by atoms with Gasteiger partial charge in [0.15, 0.2) is 11.7 Å². The maximum Gasteiger partial charge on any atom is 0.248 e. The molecule has 0 unspecified atom stereocenters. The van der Waals surface area contributed by atoms with E-state index < -0.39 is 5.91 Å². The van der Waals surface area contributed by atoms with E-state index in [2.05, 4.69) is 10.3 Å². The summed E-state index contributed by atoms with van der Waals surface area (Å²) in [6, 6.07) is 13.8. The van der Waals surface area contributed by atoms with Crippen LogP contribution in [-0.2, 0) is 11.2 Å². The highest BCUT2D eigenvalue weighted by Gasteiger charge is 2.10. The Morgan fingerprint density at radius 3 is 2.44 bits per heavy atom. The minimum absolute atomic E-state index is 0.175. The van der Waals surface area contributed by atoms with E-state index in [1.54, 1.807) is 37.6 Å². The first-order valence-corrected chi connectivity index (χ1v) is 8.34. The van der Waals surface area contributed by atoms with Gasteiger partial charge in [0.05, 0.1) is 13.3 Å². The Balaban J connectivity index is 1.54. The van der Waals surface area contributed by atoms with Crippen LogP contribution in [0, 0.1) is 0 Å². The Bertz CT molecular complexity index is 931. The Hall–Kier alpha value is -3.61. The van der Waals surface area contributed by atoms with Gasteiger partial charge in [-0.15, -0.1) is 0 Å². The van der Waals surface area contributed by atoms with E-state index in [4.69, 9.17) is 14.9 Å². The maximum absolute atomic E-state index is 12.1. The third kappa shape index (κ3) is 4.72. The number of amides is 2. The lowest BCUT2D eigenvalue weighted by Gasteiger charge is -2.05. The van der Waals surface area contributed by atoms with Crippen LogP contribution in [0.5, 0.6) is 5.75 Å². The predicted molar refractivity (Wildman–Crippen MR) is 100 cm³/mol. The van der Waals surface area contributed by atoms with Gasteiger partial charge in [0, 0.05) is 29.7 Å². The van der Waals surface area contributed by atoms with Crippen LogP contribution in [0.15, 0.2) is 59.1 Å². The number of hydrogen-bond acceptors (Lipinski definition) is 5. The molecule has 3 N–H and O–H groups in total. The Labute approximate surface area is 156 Å². The number of anilines is 1. The zero-order chi connectivity index (χ0) is 19.2. The molecule has 2 aromatic carbocycles. The van der Waals surface area contributed by atoms with Crippen LogP contribution in [0.25, 0.3) is 11.3 Å². The molecule has 27 heavy (non-hydrogen) atoms. The number of nitrogens with one attached hydrogen (secondary N) is 1. The van der Waals surface area contributed by atoms with Crippen molar-refractivity contribution in [2.45, 2.75) is 12.8 Å². The Morgan fingerprint density at radius 2 is 1.81 bits per heavy atom. The summed E-state index contributed by atoms with van der Waals surface area (Å²) in [6.07, 6.45) is 2.24. The van der Waals surface area contributed by atoms with Crippen LogP contribution < -0.4 is 15.8 Å². The molecule has 0 saturated carbocycles. The summed E-state index contributed by atoms with van der Waals surface area (Å²) >= 11 is 0. The molecule has 3 aromatic rings. The lowest BCUT2D eigenvalue weighted by molar-refractivity contribution is -0.116. The zero-order valence-electron chi connectivity index (χ0n) is 14.8. The van der Waals surface area contributed by atoms with Gasteiger partial charge in [0.2, 0.25) is 11.8 Å². The number of nitrogens with two attached hydrogens (primary N) is 1. The summed E-state index contributed by atoms with van der Waals surface area (Å²) in [5, 5.41) is 2.76. The Morgan fingerprint density at radius 1 is 1.11 bits per heavy atom. The first-order chi connectivity index (χ1) is 13.0. The molecule has 138 valence electrons. The first kappa shape index (κ1) is 18.2. The maximum atomic E-state index is 12.1. The summed E-state index contributed by atoms with van der Waals surface area (Å²) in [4.78, 5) is 27.3. The number of carbonyl (C=O) groups is 2. The lowest BCUT2D eigenvalue weighted by atomic mass is 10.2. The molecule has 0 radical (unpaired) electrons. The minimum Gasteiger partial charge on any atom is -0.497 e. The molecule has 7 nitrogen and oxygen atoms in total. The number of aryl methyl sites for hydroxylation is 1. The number of oxazole rings is 1. The second kappa shape index (κ2) is 8.18. The summed E-state index contributed by atoms with van der Waals surface area (Å²) in [5.41, 5.74) is 7.05. The molecular formula is C20H19N3O4. The van der Waals surface area contributed by atoms with E-state index in [-0.39, 0.29) is 12.3 Å². The van der Waals surface area contributed by atoms with Crippen molar-refractivity contribution in [2.75, 3.05) is 12.4 Å². The summed E-state index contributed by atoms with van der Waals surface area (Å²) in [6.45, 7) is 0. The fraction of sp³-hybridized carbons (Fsp3) is 0.150. The number of rotatable bonds is 7. The summed E-state index contributed by atoms with van der Waals surface area (Å²) in [7, 11) is 1.61. The fourth-order valence-corrected chi connectivity index (χ4v) is 2.48. The number of benzene rings is 2. The van der Waals surface area contributed by atoms with Crippen LogP contribution in [0.4, 0.5) is 5.69 Å². The number of nitrogens with zero attached hydrogens (tertiary/aromatic N) is 1. The van der Waals surface area contributed by atoms with Crippen molar-refractivity contribution in [3.63, 3.8) is 0 Å². The van der Waals surface area contributed by atoms with E-state index in [0.29, 0.717) is 29.3 Å². The second-order valence-electron chi connectivity index (χ2n) is 5.84. The number of primary amides is 1. The van der Waals surface area contributed by atoms with Crippen molar-refractivity contribution >= 4 is 17.5 Å². The molecule has 0 aliphatic heterocycles. The molecule has 7 heteroatoms. The molecule has 0 aliphatic rings. The van der Waals surface area contributed by atoms with Crippen LogP contribution >= 0.6 is 0 Å². The van der Waals surface area contributed by atoms with E-state index in [1.807, 2.05) is 24.3 Å². The molecule has 0 saturated heterocycles. The smallest absolute Gasteiger partial charge is 0.248 e. The number of aromatic nitrogens is 1. The van der Waals surface area contributed by atoms with E-state index >= 15 is 0 Å². The van der Waals surface area contributed by atoms with Crippen LogP contribution in [0.3, 0.4) is 0 Å². The molecular weight excluding hydrogens is 346 g/mol. The highest BCUT2D eigenvalue weighted by Crippen LogP contribution is 2.23. The largest absolute Gasteiger partial charge is 0.497 e. The summed E-state index contributed by atoms with van der Waals surface area (Å²) < 4.78 is 10.8.